The molecule has 0 fully saturated rings. The van der Waals surface area contributed by atoms with E-state index in [1.54, 1.807) is 0 Å². The van der Waals surface area contributed by atoms with Crippen molar-refractivity contribution in [3.63, 3.8) is 0 Å². The lowest BCUT2D eigenvalue weighted by Crippen LogP contribution is -2.38. The SMILES string of the molecule is CCCOc1ccc(C2CC(=O)C3=C(C2)NC(=O)CC3c2ccc(OCC)cc2)cc1. The van der Waals surface area contributed by atoms with Crippen molar-refractivity contribution in [3.05, 3.63) is 70.9 Å². The fourth-order valence-corrected chi connectivity index (χ4v) is 4.50. The van der Waals surface area contributed by atoms with Crippen LogP contribution in [0.3, 0.4) is 0 Å². The zero-order valence-corrected chi connectivity index (χ0v) is 18.1. The van der Waals surface area contributed by atoms with E-state index < -0.39 is 0 Å². The van der Waals surface area contributed by atoms with Crippen LogP contribution in [0.2, 0.25) is 0 Å². The van der Waals surface area contributed by atoms with Gasteiger partial charge in [-0.1, -0.05) is 31.2 Å². The average Bonchev–Trinajstić information content (AvgIpc) is 2.78. The second-order valence-corrected chi connectivity index (χ2v) is 8.15. The smallest absolute Gasteiger partial charge is 0.225 e. The summed E-state index contributed by atoms with van der Waals surface area (Å²) in [6.07, 6.45) is 2.38. The molecule has 162 valence electrons. The molecule has 1 N–H and O–H groups in total. The van der Waals surface area contributed by atoms with Crippen molar-refractivity contribution in [2.24, 2.45) is 0 Å². The van der Waals surface area contributed by atoms with Crippen LogP contribution < -0.4 is 14.8 Å². The van der Waals surface area contributed by atoms with Crippen molar-refractivity contribution in [3.8, 4) is 11.5 Å². The first-order valence-electron chi connectivity index (χ1n) is 11.1. The summed E-state index contributed by atoms with van der Waals surface area (Å²) in [4.78, 5) is 25.7. The maximum Gasteiger partial charge on any atom is 0.225 e. The lowest BCUT2D eigenvalue weighted by molar-refractivity contribution is -0.122. The van der Waals surface area contributed by atoms with Crippen LogP contribution in [0.5, 0.6) is 11.5 Å². The van der Waals surface area contributed by atoms with E-state index >= 15 is 0 Å². The van der Waals surface area contributed by atoms with Crippen molar-refractivity contribution in [1.82, 2.24) is 5.32 Å². The number of nitrogens with one attached hydrogen (secondary N) is 1. The number of hydrogen-bond donors (Lipinski definition) is 1. The molecule has 0 saturated heterocycles. The highest BCUT2D eigenvalue weighted by atomic mass is 16.5. The minimum absolute atomic E-state index is 0.0330. The van der Waals surface area contributed by atoms with Crippen LogP contribution in [-0.2, 0) is 9.59 Å². The lowest BCUT2D eigenvalue weighted by Gasteiger charge is -2.34. The van der Waals surface area contributed by atoms with Crippen molar-refractivity contribution in [2.75, 3.05) is 13.2 Å². The fraction of sp³-hybridized carbons (Fsp3) is 0.385. The number of amides is 1. The van der Waals surface area contributed by atoms with Gasteiger partial charge in [-0.2, -0.15) is 0 Å². The van der Waals surface area contributed by atoms with Gasteiger partial charge in [0.25, 0.3) is 0 Å². The van der Waals surface area contributed by atoms with E-state index in [4.69, 9.17) is 9.47 Å². The monoisotopic (exact) mass is 419 g/mol. The van der Waals surface area contributed by atoms with Crippen LogP contribution in [0.4, 0.5) is 0 Å². The number of carbonyl (C=O) groups excluding carboxylic acids is 2. The first-order chi connectivity index (χ1) is 15.1. The zero-order valence-electron chi connectivity index (χ0n) is 18.1. The minimum Gasteiger partial charge on any atom is -0.494 e. The Bertz CT molecular complexity index is 975. The summed E-state index contributed by atoms with van der Waals surface area (Å²) in [5.74, 6) is 1.59. The van der Waals surface area contributed by atoms with Gasteiger partial charge in [0.2, 0.25) is 5.91 Å². The minimum atomic E-state index is -0.197. The molecule has 2 aromatic carbocycles. The van der Waals surface area contributed by atoms with Crippen LogP contribution >= 0.6 is 0 Å². The summed E-state index contributed by atoms with van der Waals surface area (Å²) in [7, 11) is 0. The molecule has 0 bridgehead atoms. The molecule has 0 radical (unpaired) electrons. The number of carbonyl (C=O) groups is 2. The summed E-state index contributed by atoms with van der Waals surface area (Å²) in [6.45, 7) is 5.31. The molecule has 1 amide bonds. The molecule has 1 heterocycles. The van der Waals surface area contributed by atoms with E-state index in [0.717, 1.165) is 40.3 Å². The molecule has 2 aliphatic rings. The Kier molecular flexibility index (Phi) is 6.40. The highest BCUT2D eigenvalue weighted by Gasteiger charge is 2.38. The predicted octanol–water partition coefficient (Wildman–Crippen LogP) is 4.88. The standard InChI is InChI=1S/C26H29NO4/c1-3-13-31-21-9-5-17(6-10-21)19-14-23-26(24(28)15-19)22(16-25(29)27-23)18-7-11-20(12-8-18)30-4-2/h5-12,19,22H,3-4,13-16H2,1-2H3,(H,27,29). The molecule has 2 unspecified atom stereocenters. The van der Waals surface area contributed by atoms with E-state index in [2.05, 4.69) is 12.2 Å². The van der Waals surface area contributed by atoms with E-state index in [0.29, 0.717) is 32.5 Å². The van der Waals surface area contributed by atoms with Gasteiger partial charge in [-0.25, -0.2) is 0 Å². The van der Waals surface area contributed by atoms with Gasteiger partial charge in [0.1, 0.15) is 11.5 Å². The largest absolute Gasteiger partial charge is 0.494 e. The molecule has 31 heavy (non-hydrogen) atoms. The van der Waals surface area contributed by atoms with E-state index in [1.165, 1.54) is 0 Å². The van der Waals surface area contributed by atoms with Gasteiger partial charge in [-0.15, -0.1) is 0 Å². The Morgan fingerprint density at radius 1 is 0.839 bits per heavy atom. The third-order valence-electron chi connectivity index (χ3n) is 5.95. The second-order valence-electron chi connectivity index (χ2n) is 8.15. The first-order valence-corrected chi connectivity index (χ1v) is 11.1. The predicted molar refractivity (Wildman–Crippen MR) is 119 cm³/mol. The third-order valence-corrected chi connectivity index (χ3v) is 5.95. The Morgan fingerprint density at radius 3 is 2.13 bits per heavy atom. The molecule has 5 heteroatoms. The molecule has 2 aromatic rings. The molecule has 0 saturated carbocycles. The highest BCUT2D eigenvalue weighted by Crippen LogP contribution is 2.42. The number of hydrogen-bond acceptors (Lipinski definition) is 4. The number of rotatable bonds is 7. The Hall–Kier alpha value is -3.08. The van der Waals surface area contributed by atoms with E-state index in [-0.39, 0.29) is 23.5 Å². The van der Waals surface area contributed by atoms with Gasteiger partial charge in [0.15, 0.2) is 5.78 Å². The number of Topliss-reactive ketones (excluding diaryl/α,β-unsaturated/α-hetero) is 1. The van der Waals surface area contributed by atoms with E-state index in [1.807, 2.05) is 55.5 Å². The quantitative estimate of drug-likeness (QED) is 0.695. The van der Waals surface area contributed by atoms with Crippen molar-refractivity contribution in [1.29, 1.82) is 0 Å². The number of allylic oxidation sites excluding steroid dienone is 2. The van der Waals surface area contributed by atoms with Crippen LogP contribution in [0.25, 0.3) is 0 Å². The van der Waals surface area contributed by atoms with Gasteiger partial charge in [0, 0.05) is 30.0 Å². The van der Waals surface area contributed by atoms with Crippen molar-refractivity contribution in [2.45, 2.75) is 51.4 Å². The normalized spacial score (nSPS) is 20.8. The van der Waals surface area contributed by atoms with Gasteiger partial charge < -0.3 is 14.8 Å². The molecule has 4 rings (SSSR count). The van der Waals surface area contributed by atoms with Crippen LogP contribution in [-0.4, -0.2) is 24.9 Å². The molecule has 0 spiro atoms. The van der Waals surface area contributed by atoms with Crippen molar-refractivity contribution < 1.29 is 19.1 Å². The second kappa shape index (κ2) is 9.38. The summed E-state index contributed by atoms with van der Waals surface area (Å²) in [6, 6.07) is 15.7. The van der Waals surface area contributed by atoms with E-state index in [9.17, 15) is 9.59 Å². The molecule has 1 aliphatic heterocycles. The van der Waals surface area contributed by atoms with Crippen molar-refractivity contribution >= 4 is 11.7 Å². The number of ether oxygens (including phenoxy) is 2. The highest BCUT2D eigenvalue weighted by molar-refractivity contribution is 6.02. The Morgan fingerprint density at radius 2 is 1.48 bits per heavy atom. The Balaban J connectivity index is 1.57. The summed E-state index contributed by atoms with van der Waals surface area (Å²) in [5, 5.41) is 2.99. The number of ketones is 1. The fourth-order valence-electron chi connectivity index (χ4n) is 4.50. The summed E-state index contributed by atoms with van der Waals surface area (Å²) < 4.78 is 11.2. The lowest BCUT2D eigenvalue weighted by atomic mass is 9.73. The molecular formula is C26H29NO4. The van der Waals surface area contributed by atoms with Gasteiger partial charge in [-0.3, -0.25) is 9.59 Å². The van der Waals surface area contributed by atoms with Gasteiger partial charge in [0.05, 0.1) is 13.2 Å². The van der Waals surface area contributed by atoms with Crippen LogP contribution in [0.1, 0.15) is 62.5 Å². The summed E-state index contributed by atoms with van der Waals surface area (Å²) in [5.41, 5.74) is 3.63. The van der Waals surface area contributed by atoms with Crippen LogP contribution in [0, 0.1) is 0 Å². The molecule has 1 aliphatic carbocycles. The van der Waals surface area contributed by atoms with Gasteiger partial charge >= 0.3 is 0 Å². The molecular weight excluding hydrogens is 390 g/mol. The third kappa shape index (κ3) is 4.66. The maximum absolute atomic E-state index is 13.2. The zero-order chi connectivity index (χ0) is 21.8. The molecule has 0 aromatic heterocycles. The topological polar surface area (TPSA) is 64.6 Å². The Labute approximate surface area is 183 Å². The first kappa shape index (κ1) is 21.2. The average molecular weight is 420 g/mol. The number of benzene rings is 2. The summed E-state index contributed by atoms with van der Waals surface area (Å²) >= 11 is 0. The van der Waals surface area contributed by atoms with Gasteiger partial charge in [-0.05, 0) is 61.1 Å². The molecule has 5 nitrogen and oxygen atoms in total. The maximum atomic E-state index is 13.2. The van der Waals surface area contributed by atoms with Crippen LogP contribution in [0.15, 0.2) is 59.8 Å². The molecule has 2 atom stereocenters.